The summed E-state index contributed by atoms with van der Waals surface area (Å²) in [6, 6.07) is 7.55. The van der Waals surface area contributed by atoms with Crippen molar-refractivity contribution in [1.82, 2.24) is 9.88 Å². The number of carbonyl (C=O) groups excluding carboxylic acids is 3. The van der Waals surface area contributed by atoms with Gasteiger partial charge in [-0.15, -0.1) is 11.3 Å². The first-order valence-electron chi connectivity index (χ1n) is 13.5. The Morgan fingerprint density at radius 2 is 1.84 bits per heavy atom. The lowest BCUT2D eigenvalue weighted by Gasteiger charge is -2.34. The second-order valence-corrected chi connectivity index (χ2v) is 12.3. The van der Waals surface area contributed by atoms with E-state index < -0.39 is 23.5 Å². The Morgan fingerprint density at radius 3 is 2.43 bits per heavy atom. The maximum atomic E-state index is 13.7. The van der Waals surface area contributed by atoms with Gasteiger partial charge in [0.2, 0.25) is 5.91 Å². The van der Waals surface area contributed by atoms with Gasteiger partial charge in [-0.05, 0) is 36.3 Å². The molecule has 6 nitrogen and oxygen atoms in total. The number of aromatic nitrogens is 1. The topological polar surface area (TPSA) is 87.6 Å². The molecule has 37 heavy (non-hydrogen) atoms. The first-order valence-corrected chi connectivity index (χ1v) is 14.4. The van der Waals surface area contributed by atoms with Crippen LogP contribution in [-0.2, 0) is 20.8 Å². The third-order valence-electron chi connectivity index (χ3n) is 7.39. The van der Waals surface area contributed by atoms with E-state index in [9.17, 15) is 19.5 Å². The lowest BCUT2D eigenvalue weighted by atomic mass is 9.76. The normalized spacial score (nSPS) is 18.7. The second-order valence-electron chi connectivity index (χ2n) is 11.4. The molecule has 0 aliphatic carbocycles. The van der Waals surface area contributed by atoms with Crippen molar-refractivity contribution in [3.8, 4) is 10.4 Å². The van der Waals surface area contributed by atoms with Crippen molar-refractivity contribution in [3.63, 3.8) is 0 Å². The zero-order valence-electron chi connectivity index (χ0n) is 23.0. The average molecular weight is 527 g/mol. The van der Waals surface area contributed by atoms with E-state index in [1.54, 1.807) is 16.2 Å². The number of benzene rings is 1. The smallest absolute Gasteiger partial charge is 0.227 e. The van der Waals surface area contributed by atoms with Gasteiger partial charge >= 0.3 is 0 Å². The van der Waals surface area contributed by atoms with E-state index in [2.05, 4.69) is 24.0 Å². The number of carbonyl (C=O) groups is 3. The van der Waals surface area contributed by atoms with Gasteiger partial charge in [0.05, 0.1) is 28.2 Å². The van der Waals surface area contributed by atoms with Crippen molar-refractivity contribution in [3.05, 3.63) is 41.0 Å². The highest BCUT2D eigenvalue weighted by atomic mass is 32.1. The molecule has 1 saturated heterocycles. The predicted octanol–water partition coefficient (Wildman–Crippen LogP) is 5.78. The molecule has 1 N–H and O–H groups in total. The molecule has 7 heteroatoms. The van der Waals surface area contributed by atoms with Crippen LogP contribution in [0.4, 0.5) is 0 Å². The van der Waals surface area contributed by atoms with Gasteiger partial charge in [-0.3, -0.25) is 14.4 Å². The summed E-state index contributed by atoms with van der Waals surface area (Å²) in [4.78, 5) is 46.6. The number of likely N-dealkylation sites (tertiary alicyclic amines) is 1. The molecule has 1 amide bonds. The average Bonchev–Trinajstić information content (AvgIpc) is 3.46. The number of amides is 1. The summed E-state index contributed by atoms with van der Waals surface area (Å²) < 4.78 is 0. The third kappa shape index (κ3) is 7.81. The number of aliphatic hydroxyl groups is 1. The van der Waals surface area contributed by atoms with Gasteiger partial charge in [0.25, 0.3) is 0 Å². The number of unbranched alkanes of at least 4 members (excludes halogenated alkanes) is 2. The summed E-state index contributed by atoms with van der Waals surface area (Å²) >= 11 is 1.61. The van der Waals surface area contributed by atoms with Crippen molar-refractivity contribution < 1.29 is 19.5 Å². The summed E-state index contributed by atoms with van der Waals surface area (Å²) in [5.74, 6) is -0.629. The Kier molecular flexibility index (Phi) is 10.2. The molecular formula is C30H42N2O4S. The van der Waals surface area contributed by atoms with Crippen LogP contribution in [0.1, 0.15) is 83.9 Å². The SMILES string of the molecule is CCCCCC(=O)C[C@H](C(=O)N1C[C@H](O)C[C@H]1C(=O)CCc1ccc(-c2scnc2C)cc1)C(C)(C)C. The highest BCUT2D eigenvalue weighted by Gasteiger charge is 2.43. The number of ketones is 2. The van der Waals surface area contributed by atoms with Crippen LogP contribution in [0.2, 0.25) is 0 Å². The molecular weight excluding hydrogens is 484 g/mol. The fraction of sp³-hybridized carbons (Fsp3) is 0.600. The molecule has 1 fully saturated rings. The molecule has 202 valence electrons. The molecule has 3 atom stereocenters. The summed E-state index contributed by atoms with van der Waals surface area (Å²) in [6.45, 7) is 10.1. The molecule has 0 saturated carbocycles. The van der Waals surface area contributed by atoms with E-state index in [0.717, 1.165) is 41.0 Å². The molecule has 1 aliphatic heterocycles. The lowest BCUT2D eigenvalue weighted by Crippen LogP contribution is -2.47. The van der Waals surface area contributed by atoms with Crippen LogP contribution in [0.15, 0.2) is 29.8 Å². The van der Waals surface area contributed by atoms with Gasteiger partial charge in [-0.25, -0.2) is 4.98 Å². The molecule has 2 heterocycles. The Labute approximate surface area is 225 Å². The zero-order valence-corrected chi connectivity index (χ0v) is 23.8. The fourth-order valence-corrected chi connectivity index (χ4v) is 5.88. The van der Waals surface area contributed by atoms with Crippen LogP contribution < -0.4 is 0 Å². The molecule has 0 spiro atoms. The quantitative estimate of drug-likeness (QED) is 0.354. The summed E-state index contributed by atoms with van der Waals surface area (Å²) in [7, 11) is 0. The van der Waals surface area contributed by atoms with Crippen LogP contribution in [0.5, 0.6) is 0 Å². The maximum Gasteiger partial charge on any atom is 0.227 e. The first-order chi connectivity index (χ1) is 17.5. The van der Waals surface area contributed by atoms with Crippen molar-refractivity contribution >= 4 is 28.8 Å². The second kappa shape index (κ2) is 12.9. The van der Waals surface area contributed by atoms with Gasteiger partial charge in [0, 0.05) is 38.1 Å². The number of aliphatic hydroxyl groups excluding tert-OH is 1. The largest absolute Gasteiger partial charge is 0.391 e. The Hall–Kier alpha value is -2.38. The maximum absolute atomic E-state index is 13.7. The number of Topliss-reactive ketones (excluding diaryl/α,β-unsaturated/α-hetero) is 2. The zero-order chi connectivity index (χ0) is 27.2. The number of hydrogen-bond donors (Lipinski definition) is 1. The molecule has 0 bridgehead atoms. The number of aryl methyl sites for hydroxylation is 2. The fourth-order valence-electron chi connectivity index (χ4n) is 5.06. The van der Waals surface area contributed by atoms with Gasteiger partial charge in [0.1, 0.15) is 5.78 Å². The number of β-amino-alcohol motifs (C(OH)–C–C–N with tert-alkyl or cyclic N) is 1. The Morgan fingerprint density at radius 1 is 1.14 bits per heavy atom. The summed E-state index contributed by atoms with van der Waals surface area (Å²) in [5.41, 5.74) is 4.60. The van der Waals surface area contributed by atoms with Crippen molar-refractivity contribution in [2.24, 2.45) is 11.3 Å². The number of hydrogen-bond acceptors (Lipinski definition) is 6. The number of rotatable bonds is 12. The van der Waals surface area contributed by atoms with E-state index in [-0.39, 0.29) is 36.9 Å². The summed E-state index contributed by atoms with van der Waals surface area (Å²) in [5, 5.41) is 10.4. The molecule has 3 rings (SSSR count). The van der Waals surface area contributed by atoms with Gasteiger partial charge < -0.3 is 10.0 Å². The molecule has 1 aromatic carbocycles. The lowest BCUT2D eigenvalue weighted by molar-refractivity contribution is -0.145. The van der Waals surface area contributed by atoms with Crippen LogP contribution in [0, 0.1) is 18.3 Å². The third-order valence-corrected chi connectivity index (χ3v) is 8.37. The van der Waals surface area contributed by atoms with Crippen LogP contribution in [0.25, 0.3) is 10.4 Å². The molecule has 0 radical (unpaired) electrons. The molecule has 1 aliphatic rings. The van der Waals surface area contributed by atoms with E-state index in [0.29, 0.717) is 19.3 Å². The van der Waals surface area contributed by atoms with Crippen molar-refractivity contribution in [2.75, 3.05) is 6.54 Å². The van der Waals surface area contributed by atoms with Crippen LogP contribution >= 0.6 is 11.3 Å². The van der Waals surface area contributed by atoms with Crippen LogP contribution in [-0.4, -0.2) is 51.2 Å². The van der Waals surface area contributed by atoms with Gasteiger partial charge in [0.15, 0.2) is 5.78 Å². The molecule has 2 aromatic rings. The predicted molar refractivity (Wildman–Crippen MR) is 148 cm³/mol. The Balaban J connectivity index is 1.65. The first kappa shape index (κ1) is 29.2. The van der Waals surface area contributed by atoms with Crippen LogP contribution in [0.3, 0.4) is 0 Å². The van der Waals surface area contributed by atoms with Crippen molar-refractivity contribution in [2.45, 2.75) is 98.1 Å². The standard InChI is InChI=1S/C30H42N2O4S/c1-6-7-8-9-23(33)16-25(30(3,4)5)29(36)32-18-24(34)17-26(32)27(35)15-12-21-10-13-22(14-11-21)28-20(2)31-19-37-28/h10-11,13-14,19,24-26,34H,6-9,12,15-18H2,1-5H3/t24-,25-,26+/m1/s1. The van der Waals surface area contributed by atoms with E-state index in [1.165, 1.54) is 0 Å². The number of thiazole rings is 1. The minimum Gasteiger partial charge on any atom is -0.391 e. The minimum atomic E-state index is -0.722. The van der Waals surface area contributed by atoms with Gasteiger partial charge in [-0.1, -0.05) is 64.8 Å². The Bertz CT molecular complexity index is 1070. The van der Waals surface area contributed by atoms with E-state index >= 15 is 0 Å². The van der Waals surface area contributed by atoms with E-state index in [4.69, 9.17) is 0 Å². The highest BCUT2D eigenvalue weighted by Crippen LogP contribution is 2.34. The van der Waals surface area contributed by atoms with Gasteiger partial charge in [-0.2, -0.15) is 0 Å². The van der Waals surface area contributed by atoms with Crippen molar-refractivity contribution in [1.29, 1.82) is 0 Å². The molecule has 1 aromatic heterocycles. The highest BCUT2D eigenvalue weighted by molar-refractivity contribution is 7.13. The minimum absolute atomic E-state index is 0.0331. The number of nitrogens with zero attached hydrogens (tertiary/aromatic N) is 2. The molecule has 0 unspecified atom stereocenters. The summed E-state index contributed by atoms with van der Waals surface area (Å²) in [6.07, 6.45) is 3.98. The monoisotopic (exact) mass is 526 g/mol. The van der Waals surface area contributed by atoms with E-state index in [1.807, 2.05) is 45.3 Å².